The molecule has 0 saturated carbocycles. The van der Waals surface area contributed by atoms with Gasteiger partial charge in [0.15, 0.2) is 0 Å². The molecule has 8 heteroatoms. The van der Waals surface area contributed by atoms with Crippen molar-refractivity contribution in [2.75, 3.05) is 13.1 Å². The third-order valence-corrected chi connectivity index (χ3v) is 2.75. The Morgan fingerprint density at radius 3 is 2.65 bits per heavy atom. The first kappa shape index (κ1) is 16.6. The lowest BCUT2D eigenvalue weighted by molar-refractivity contribution is -0.274. The van der Waals surface area contributed by atoms with E-state index in [4.69, 9.17) is 0 Å². The van der Waals surface area contributed by atoms with E-state index < -0.39 is 18.0 Å². The van der Waals surface area contributed by atoms with E-state index in [1.54, 1.807) is 0 Å². The van der Waals surface area contributed by atoms with Crippen LogP contribution in [0.4, 0.5) is 13.2 Å². The summed E-state index contributed by atoms with van der Waals surface area (Å²) in [6.45, 7) is 1.40. The van der Waals surface area contributed by atoms with Crippen LogP contribution in [-0.2, 0) is 0 Å². The highest BCUT2D eigenvalue weighted by molar-refractivity contribution is 5.97. The fourth-order valence-electron chi connectivity index (χ4n) is 1.91. The number of hydrogen-bond donors (Lipinski definition) is 2. The van der Waals surface area contributed by atoms with Crippen LogP contribution < -0.4 is 15.4 Å². The van der Waals surface area contributed by atoms with Crippen molar-refractivity contribution in [1.82, 2.24) is 10.6 Å². The van der Waals surface area contributed by atoms with Crippen LogP contribution in [0.5, 0.6) is 5.75 Å². The van der Waals surface area contributed by atoms with E-state index in [0.29, 0.717) is 6.54 Å². The maximum absolute atomic E-state index is 12.2. The number of hydrogen-bond acceptors (Lipinski definition) is 3. The van der Waals surface area contributed by atoms with Gasteiger partial charge in [-0.25, -0.2) is 0 Å². The molecule has 1 aliphatic rings. The van der Waals surface area contributed by atoms with Gasteiger partial charge in [0.2, 0.25) is 0 Å². The van der Waals surface area contributed by atoms with Gasteiger partial charge < -0.3 is 15.4 Å². The second-order valence-corrected chi connectivity index (χ2v) is 4.21. The van der Waals surface area contributed by atoms with Crippen molar-refractivity contribution < 1.29 is 22.7 Å². The molecule has 0 spiro atoms. The van der Waals surface area contributed by atoms with Gasteiger partial charge in [0.25, 0.3) is 5.91 Å². The fraction of sp³-hybridized carbons (Fsp3) is 0.417. The van der Waals surface area contributed by atoms with Crippen LogP contribution in [0, 0.1) is 0 Å². The molecule has 1 heterocycles. The van der Waals surface area contributed by atoms with Gasteiger partial charge in [-0.3, -0.25) is 4.79 Å². The topological polar surface area (TPSA) is 50.4 Å². The SMILES string of the molecule is Cl.O=C(NC1CCNC1)c1ccccc1OC(F)(F)F. The van der Waals surface area contributed by atoms with E-state index >= 15 is 0 Å². The maximum atomic E-state index is 12.2. The minimum absolute atomic E-state index is 0. The van der Waals surface area contributed by atoms with Gasteiger partial charge >= 0.3 is 6.36 Å². The lowest BCUT2D eigenvalue weighted by Crippen LogP contribution is -2.36. The minimum Gasteiger partial charge on any atom is -0.405 e. The molecule has 1 amide bonds. The second kappa shape index (κ2) is 6.81. The number of carbonyl (C=O) groups is 1. The first-order valence-electron chi connectivity index (χ1n) is 5.82. The van der Waals surface area contributed by atoms with E-state index in [9.17, 15) is 18.0 Å². The molecule has 1 atom stereocenters. The predicted molar refractivity (Wildman–Crippen MR) is 69.1 cm³/mol. The third kappa shape index (κ3) is 4.57. The zero-order valence-electron chi connectivity index (χ0n) is 10.4. The van der Waals surface area contributed by atoms with Gasteiger partial charge in [-0.2, -0.15) is 0 Å². The fourth-order valence-corrected chi connectivity index (χ4v) is 1.91. The Balaban J connectivity index is 0.00000200. The van der Waals surface area contributed by atoms with Crippen LogP contribution in [0.3, 0.4) is 0 Å². The molecule has 1 aromatic carbocycles. The van der Waals surface area contributed by atoms with Crippen LogP contribution in [-0.4, -0.2) is 31.4 Å². The van der Waals surface area contributed by atoms with Crippen molar-refractivity contribution in [2.45, 2.75) is 18.8 Å². The van der Waals surface area contributed by atoms with Crippen molar-refractivity contribution in [1.29, 1.82) is 0 Å². The average molecular weight is 311 g/mol. The van der Waals surface area contributed by atoms with E-state index in [1.165, 1.54) is 18.2 Å². The third-order valence-electron chi connectivity index (χ3n) is 2.75. The Morgan fingerprint density at radius 1 is 1.35 bits per heavy atom. The molecular weight excluding hydrogens is 297 g/mol. The summed E-state index contributed by atoms with van der Waals surface area (Å²) >= 11 is 0. The van der Waals surface area contributed by atoms with Crippen molar-refractivity contribution in [3.8, 4) is 5.75 Å². The Kier molecular flexibility index (Phi) is 5.64. The first-order chi connectivity index (χ1) is 8.96. The average Bonchev–Trinajstić information content (AvgIpc) is 2.80. The molecule has 0 radical (unpaired) electrons. The zero-order chi connectivity index (χ0) is 13.9. The molecule has 1 fully saturated rings. The largest absolute Gasteiger partial charge is 0.573 e. The summed E-state index contributed by atoms with van der Waals surface area (Å²) in [6, 6.07) is 5.24. The van der Waals surface area contributed by atoms with E-state index in [2.05, 4.69) is 15.4 Å². The highest BCUT2D eigenvalue weighted by atomic mass is 35.5. The summed E-state index contributed by atoms with van der Waals surface area (Å²) in [5, 5.41) is 5.73. The highest BCUT2D eigenvalue weighted by Crippen LogP contribution is 2.26. The molecule has 1 unspecified atom stereocenters. The van der Waals surface area contributed by atoms with Crippen LogP contribution in [0.25, 0.3) is 0 Å². The van der Waals surface area contributed by atoms with Gasteiger partial charge in [-0.1, -0.05) is 12.1 Å². The lowest BCUT2D eigenvalue weighted by atomic mass is 10.1. The lowest BCUT2D eigenvalue weighted by Gasteiger charge is -2.15. The maximum Gasteiger partial charge on any atom is 0.573 e. The molecule has 0 aliphatic carbocycles. The quantitative estimate of drug-likeness (QED) is 0.899. The molecule has 0 aromatic heterocycles. The van der Waals surface area contributed by atoms with Crippen LogP contribution in [0.15, 0.2) is 24.3 Å². The van der Waals surface area contributed by atoms with Crippen molar-refractivity contribution in [2.24, 2.45) is 0 Å². The minimum atomic E-state index is -4.81. The number of nitrogens with one attached hydrogen (secondary N) is 2. The Bertz CT molecular complexity index is 462. The number of para-hydroxylation sites is 1. The van der Waals surface area contributed by atoms with E-state index in [0.717, 1.165) is 19.0 Å². The summed E-state index contributed by atoms with van der Waals surface area (Å²) in [6.07, 6.45) is -4.06. The smallest absolute Gasteiger partial charge is 0.405 e. The number of halogens is 4. The molecule has 20 heavy (non-hydrogen) atoms. The second-order valence-electron chi connectivity index (χ2n) is 4.21. The van der Waals surface area contributed by atoms with Crippen LogP contribution in [0.2, 0.25) is 0 Å². The van der Waals surface area contributed by atoms with Crippen molar-refractivity contribution in [3.05, 3.63) is 29.8 Å². The Hall–Kier alpha value is -1.47. The van der Waals surface area contributed by atoms with Gasteiger partial charge in [0.1, 0.15) is 5.75 Å². The number of benzene rings is 1. The molecule has 0 bridgehead atoms. The molecule has 1 saturated heterocycles. The van der Waals surface area contributed by atoms with Crippen molar-refractivity contribution >= 4 is 18.3 Å². The molecule has 2 N–H and O–H groups in total. The zero-order valence-corrected chi connectivity index (χ0v) is 11.2. The molecular formula is C12H14ClF3N2O2. The summed E-state index contributed by atoms with van der Waals surface area (Å²) in [5.41, 5.74) is -0.119. The van der Waals surface area contributed by atoms with Crippen LogP contribution >= 0.6 is 12.4 Å². The number of carbonyl (C=O) groups excluding carboxylic acids is 1. The molecule has 1 aliphatic heterocycles. The predicted octanol–water partition coefficient (Wildman–Crippen LogP) is 2.10. The summed E-state index contributed by atoms with van der Waals surface area (Å²) in [4.78, 5) is 11.9. The summed E-state index contributed by atoms with van der Waals surface area (Å²) in [5.74, 6) is -1.05. The van der Waals surface area contributed by atoms with Crippen LogP contribution in [0.1, 0.15) is 16.8 Å². The summed E-state index contributed by atoms with van der Waals surface area (Å²) < 4.78 is 40.5. The number of amides is 1. The molecule has 112 valence electrons. The van der Waals surface area contributed by atoms with Gasteiger partial charge in [-0.05, 0) is 25.1 Å². The Morgan fingerprint density at radius 2 is 2.05 bits per heavy atom. The van der Waals surface area contributed by atoms with Crippen molar-refractivity contribution in [3.63, 3.8) is 0 Å². The number of alkyl halides is 3. The van der Waals surface area contributed by atoms with E-state index in [-0.39, 0.29) is 24.0 Å². The molecule has 1 aromatic rings. The van der Waals surface area contributed by atoms with Gasteiger partial charge in [0, 0.05) is 12.6 Å². The Labute approximate surface area is 120 Å². The molecule has 4 nitrogen and oxygen atoms in total. The monoisotopic (exact) mass is 310 g/mol. The number of ether oxygens (including phenoxy) is 1. The first-order valence-corrected chi connectivity index (χ1v) is 5.82. The highest BCUT2D eigenvalue weighted by Gasteiger charge is 2.33. The van der Waals surface area contributed by atoms with Gasteiger partial charge in [0.05, 0.1) is 5.56 Å². The van der Waals surface area contributed by atoms with Gasteiger partial charge in [-0.15, -0.1) is 25.6 Å². The molecule has 2 rings (SSSR count). The number of rotatable bonds is 3. The summed E-state index contributed by atoms with van der Waals surface area (Å²) in [7, 11) is 0. The van der Waals surface area contributed by atoms with E-state index in [1.807, 2.05) is 0 Å². The normalized spacial score (nSPS) is 18.2. The standard InChI is InChI=1S/C12H13F3N2O2.ClH/c13-12(14,15)19-10-4-2-1-3-9(10)11(18)17-8-5-6-16-7-8;/h1-4,8,16H,5-7H2,(H,17,18);1H.